The Morgan fingerprint density at radius 2 is 2.33 bits per heavy atom. The van der Waals surface area contributed by atoms with Crippen LogP contribution < -0.4 is 10.9 Å². The second-order valence-electron chi connectivity index (χ2n) is 5.41. The Bertz CT molecular complexity index is 647. The molecule has 0 aliphatic heterocycles. The molecule has 0 unspecified atom stereocenters. The van der Waals surface area contributed by atoms with Gasteiger partial charge in [0.15, 0.2) is 0 Å². The van der Waals surface area contributed by atoms with Crippen molar-refractivity contribution in [3.05, 3.63) is 45.2 Å². The molecule has 1 aliphatic rings. The van der Waals surface area contributed by atoms with E-state index in [1.807, 2.05) is 12.1 Å². The van der Waals surface area contributed by atoms with Crippen molar-refractivity contribution >= 4 is 21.6 Å². The van der Waals surface area contributed by atoms with Gasteiger partial charge >= 0.3 is 0 Å². The molecule has 1 N–H and O–H groups in total. The SMILES string of the molecule is O=c1c(NCCc2ccco2)c(Br)cnn1CC1CCC1. The van der Waals surface area contributed by atoms with Crippen molar-refractivity contribution in [1.29, 1.82) is 0 Å². The zero-order chi connectivity index (χ0) is 14.7. The lowest BCUT2D eigenvalue weighted by molar-refractivity contribution is 0.262. The molecule has 0 saturated heterocycles. The number of aromatic nitrogens is 2. The summed E-state index contributed by atoms with van der Waals surface area (Å²) in [7, 11) is 0. The highest BCUT2D eigenvalue weighted by Gasteiger charge is 2.20. The standard InChI is InChI=1S/C15H18BrN3O2/c16-13-9-18-19(10-11-3-1-4-11)15(20)14(13)17-7-6-12-5-2-8-21-12/h2,5,8-9,11,17H,1,3-4,6-7,10H2. The van der Waals surface area contributed by atoms with Gasteiger partial charge in [-0.15, -0.1) is 0 Å². The molecule has 1 fully saturated rings. The molecule has 0 atom stereocenters. The number of halogens is 1. The van der Waals surface area contributed by atoms with Crippen LogP contribution in [0, 0.1) is 5.92 Å². The summed E-state index contributed by atoms with van der Waals surface area (Å²) in [4.78, 5) is 12.4. The quantitative estimate of drug-likeness (QED) is 0.868. The molecule has 1 saturated carbocycles. The van der Waals surface area contributed by atoms with Gasteiger partial charge in [-0.05, 0) is 46.8 Å². The first-order valence-corrected chi connectivity index (χ1v) is 8.05. The Balaban J connectivity index is 1.67. The Morgan fingerprint density at radius 1 is 1.48 bits per heavy atom. The largest absolute Gasteiger partial charge is 0.469 e. The van der Waals surface area contributed by atoms with Gasteiger partial charge in [-0.3, -0.25) is 4.79 Å². The monoisotopic (exact) mass is 351 g/mol. The highest BCUT2D eigenvalue weighted by Crippen LogP contribution is 2.27. The first-order valence-electron chi connectivity index (χ1n) is 7.26. The van der Waals surface area contributed by atoms with E-state index >= 15 is 0 Å². The van der Waals surface area contributed by atoms with Crippen molar-refractivity contribution in [3.63, 3.8) is 0 Å². The number of rotatable bonds is 6. The minimum absolute atomic E-state index is 0.0595. The van der Waals surface area contributed by atoms with Gasteiger partial charge in [0.05, 0.1) is 16.9 Å². The molecule has 2 aromatic rings. The molecule has 3 rings (SSSR count). The molecule has 0 radical (unpaired) electrons. The lowest BCUT2D eigenvalue weighted by Gasteiger charge is -2.25. The van der Waals surface area contributed by atoms with Crippen LogP contribution >= 0.6 is 15.9 Å². The van der Waals surface area contributed by atoms with Gasteiger partial charge in [-0.2, -0.15) is 5.10 Å². The normalized spacial score (nSPS) is 14.9. The van der Waals surface area contributed by atoms with Crippen LogP contribution in [-0.4, -0.2) is 16.3 Å². The Hall–Kier alpha value is -1.56. The fraction of sp³-hybridized carbons (Fsp3) is 0.467. The van der Waals surface area contributed by atoms with Crippen LogP contribution in [0.2, 0.25) is 0 Å². The summed E-state index contributed by atoms with van der Waals surface area (Å²) < 4.78 is 7.56. The third kappa shape index (κ3) is 3.37. The van der Waals surface area contributed by atoms with E-state index < -0.39 is 0 Å². The van der Waals surface area contributed by atoms with Crippen LogP contribution in [-0.2, 0) is 13.0 Å². The number of furan rings is 1. The van der Waals surface area contributed by atoms with Gasteiger partial charge in [-0.25, -0.2) is 4.68 Å². The molecule has 0 aromatic carbocycles. The van der Waals surface area contributed by atoms with Crippen LogP contribution in [0.25, 0.3) is 0 Å². The van der Waals surface area contributed by atoms with E-state index in [-0.39, 0.29) is 5.56 Å². The molecular weight excluding hydrogens is 334 g/mol. The molecule has 6 heteroatoms. The van der Waals surface area contributed by atoms with Gasteiger partial charge in [0.1, 0.15) is 11.4 Å². The minimum atomic E-state index is -0.0595. The average Bonchev–Trinajstić information content (AvgIpc) is 2.93. The molecule has 1 aliphatic carbocycles. The smallest absolute Gasteiger partial charge is 0.291 e. The molecule has 21 heavy (non-hydrogen) atoms. The molecule has 2 heterocycles. The Labute approximate surface area is 131 Å². The molecule has 0 bridgehead atoms. The third-order valence-corrected chi connectivity index (χ3v) is 4.51. The van der Waals surface area contributed by atoms with Gasteiger partial charge in [-0.1, -0.05) is 6.42 Å². The molecule has 0 amide bonds. The van der Waals surface area contributed by atoms with Crippen LogP contribution in [0.15, 0.2) is 38.3 Å². The lowest BCUT2D eigenvalue weighted by atomic mass is 9.85. The fourth-order valence-corrected chi connectivity index (χ4v) is 2.85. The molecule has 0 spiro atoms. The summed E-state index contributed by atoms with van der Waals surface area (Å²) in [5.41, 5.74) is 0.520. The first-order chi connectivity index (χ1) is 10.2. The summed E-state index contributed by atoms with van der Waals surface area (Å²) in [5, 5.41) is 7.41. The lowest BCUT2D eigenvalue weighted by Crippen LogP contribution is -2.31. The topological polar surface area (TPSA) is 60.1 Å². The van der Waals surface area contributed by atoms with Crippen molar-refractivity contribution in [2.45, 2.75) is 32.2 Å². The van der Waals surface area contributed by atoms with Crippen molar-refractivity contribution in [1.82, 2.24) is 9.78 Å². The predicted octanol–water partition coefficient (Wildman–Crippen LogP) is 3.05. The number of hydrogen-bond acceptors (Lipinski definition) is 4. The van der Waals surface area contributed by atoms with Gasteiger partial charge in [0.2, 0.25) is 0 Å². The maximum atomic E-state index is 12.4. The fourth-order valence-electron chi connectivity index (χ4n) is 2.44. The third-order valence-electron chi connectivity index (χ3n) is 3.91. The predicted molar refractivity (Wildman–Crippen MR) is 84.4 cm³/mol. The van der Waals surface area contributed by atoms with E-state index in [9.17, 15) is 4.79 Å². The van der Waals surface area contributed by atoms with Crippen LogP contribution in [0.4, 0.5) is 5.69 Å². The first kappa shape index (κ1) is 14.4. The van der Waals surface area contributed by atoms with E-state index in [0.717, 1.165) is 18.7 Å². The van der Waals surface area contributed by atoms with Crippen LogP contribution in [0.5, 0.6) is 0 Å². The van der Waals surface area contributed by atoms with E-state index in [0.29, 0.717) is 22.6 Å². The van der Waals surface area contributed by atoms with E-state index in [1.165, 1.54) is 19.3 Å². The van der Waals surface area contributed by atoms with Gasteiger partial charge in [0.25, 0.3) is 5.56 Å². The van der Waals surface area contributed by atoms with Crippen LogP contribution in [0.3, 0.4) is 0 Å². The maximum Gasteiger partial charge on any atom is 0.291 e. The molecule has 5 nitrogen and oxygen atoms in total. The van der Waals surface area contributed by atoms with Crippen molar-refractivity contribution < 1.29 is 4.42 Å². The minimum Gasteiger partial charge on any atom is -0.469 e. The number of anilines is 1. The Kier molecular flexibility index (Phi) is 4.43. The van der Waals surface area contributed by atoms with E-state index in [2.05, 4.69) is 26.3 Å². The van der Waals surface area contributed by atoms with Crippen molar-refractivity contribution in [3.8, 4) is 0 Å². The molecule has 2 aromatic heterocycles. The number of hydrogen-bond donors (Lipinski definition) is 1. The van der Waals surface area contributed by atoms with Crippen molar-refractivity contribution in [2.75, 3.05) is 11.9 Å². The highest BCUT2D eigenvalue weighted by atomic mass is 79.9. The van der Waals surface area contributed by atoms with Crippen molar-refractivity contribution in [2.24, 2.45) is 5.92 Å². The average molecular weight is 352 g/mol. The summed E-state index contributed by atoms with van der Waals surface area (Å²) in [6.45, 7) is 1.37. The Morgan fingerprint density at radius 3 is 3.00 bits per heavy atom. The van der Waals surface area contributed by atoms with E-state index in [1.54, 1.807) is 17.1 Å². The molecular formula is C15H18BrN3O2. The number of nitrogens with zero attached hydrogens (tertiary/aromatic N) is 2. The summed E-state index contributed by atoms with van der Waals surface area (Å²) >= 11 is 3.40. The second-order valence-corrected chi connectivity index (χ2v) is 6.26. The number of nitrogens with one attached hydrogen (secondary N) is 1. The van der Waals surface area contributed by atoms with E-state index in [4.69, 9.17) is 4.42 Å². The maximum absolute atomic E-state index is 12.4. The zero-order valence-corrected chi connectivity index (χ0v) is 13.3. The summed E-state index contributed by atoms with van der Waals surface area (Å²) in [6.07, 6.45) is 7.75. The summed E-state index contributed by atoms with van der Waals surface area (Å²) in [6, 6.07) is 3.79. The van der Waals surface area contributed by atoms with Gasteiger partial charge < -0.3 is 9.73 Å². The van der Waals surface area contributed by atoms with Gasteiger partial charge in [0, 0.05) is 19.5 Å². The highest BCUT2D eigenvalue weighted by molar-refractivity contribution is 9.10. The van der Waals surface area contributed by atoms with Crippen LogP contribution in [0.1, 0.15) is 25.0 Å². The second kappa shape index (κ2) is 6.47. The molecule has 112 valence electrons. The summed E-state index contributed by atoms with van der Waals surface area (Å²) in [5.74, 6) is 1.51. The zero-order valence-electron chi connectivity index (χ0n) is 11.7.